The summed E-state index contributed by atoms with van der Waals surface area (Å²) in [6.45, 7) is 6.29. The SMILES string of the molecule is CCCC(C)(O)CNc1cc(NN)nc(CC)n1. The van der Waals surface area contributed by atoms with E-state index in [1.165, 1.54) is 0 Å². The Hall–Kier alpha value is -1.40. The van der Waals surface area contributed by atoms with Crippen LogP contribution >= 0.6 is 0 Å². The van der Waals surface area contributed by atoms with E-state index in [1.807, 2.05) is 20.8 Å². The first kappa shape index (κ1) is 14.7. The summed E-state index contributed by atoms with van der Waals surface area (Å²) in [6.07, 6.45) is 2.41. The summed E-state index contributed by atoms with van der Waals surface area (Å²) in [5.74, 6) is 7.31. The summed E-state index contributed by atoms with van der Waals surface area (Å²) in [5, 5.41) is 13.2. The van der Waals surface area contributed by atoms with Gasteiger partial charge in [0.25, 0.3) is 0 Å². The number of nitrogens with two attached hydrogens (primary N) is 1. The normalized spacial score (nSPS) is 14.1. The summed E-state index contributed by atoms with van der Waals surface area (Å²) in [7, 11) is 0. The van der Waals surface area contributed by atoms with Gasteiger partial charge >= 0.3 is 0 Å². The number of anilines is 2. The molecule has 102 valence electrons. The molecule has 0 aromatic carbocycles. The molecule has 0 amide bonds. The summed E-state index contributed by atoms with van der Waals surface area (Å²) in [5.41, 5.74) is 1.78. The van der Waals surface area contributed by atoms with E-state index in [0.717, 1.165) is 19.3 Å². The molecule has 0 aliphatic carbocycles. The van der Waals surface area contributed by atoms with E-state index >= 15 is 0 Å². The van der Waals surface area contributed by atoms with E-state index in [2.05, 4.69) is 20.7 Å². The van der Waals surface area contributed by atoms with Crippen LogP contribution in [0, 0.1) is 0 Å². The fourth-order valence-electron chi connectivity index (χ4n) is 1.73. The van der Waals surface area contributed by atoms with Crippen molar-refractivity contribution in [3.8, 4) is 0 Å². The van der Waals surface area contributed by atoms with Crippen molar-refractivity contribution in [2.24, 2.45) is 5.84 Å². The molecular formula is C12H23N5O. The molecule has 0 spiro atoms. The minimum atomic E-state index is -0.734. The highest BCUT2D eigenvalue weighted by molar-refractivity contribution is 5.47. The van der Waals surface area contributed by atoms with Gasteiger partial charge in [-0.3, -0.25) is 0 Å². The van der Waals surface area contributed by atoms with Crippen LogP contribution in [-0.2, 0) is 6.42 Å². The second kappa shape index (κ2) is 6.51. The predicted molar refractivity (Wildman–Crippen MR) is 73.2 cm³/mol. The van der Waals surface area contributed by atoms with Crippen LogP contribution in [0.3, 0.4) is 0 Å². The Morgan fingerprint density at radius 3 is 2.56 bits per heavy atom. The second-order valence-electron chi connectivity index (χ2n) is 4.65. The standard InChI is InChI=1S/C12H23N5O/c1-4-6-12(3,18)8-14-10-7-11(17-13)16-9(5-2)15-10/h7,18H,4-6,8,13H2,1-3H3,(H2,14,15,16,17). The van der Waals surface area contributed by atoms with Crippen LogP contribution < -0.4 is 16.6 Å². The maximum absolute atomic E-state index is 10.1. The molecule has 0 fully saturated rings. The monoisotopic (exact) mass is 253 g/mol. The minimum Gasteiger partial charge on any atom is -0.388 e. The Bertz CT molecular complexity index is 358. The number of aromatic nitrogens is 2. The zero-order valence-electron chi connectivity index (χ0n) is 11.3. The zero-order chi connectivity index (χ0) is 13.6. The Balaban J connectivity index is 2.72. The molecule has 1 rings (SSSR count). The number of nitrogen functional groups attached to an aromatic ring is 1. The highest BCUT2D eigenvalue weighted by Gasteiger charge is 2.18. The zero-order valence-corrected chi connectivity index (χ0v) is 11.3. The predicted octanol–water partition coefficient (Wildman–Crippen LogP) is 1.29. The number of hydrogen-bond donors (Lipinski definition) is 4. The van der Waals surface area contributed by atoms with Crippen LogP contribution in [0.25, 0.3) is 0 Å². The van der Waals surface area contributed by atoms with Crippen LogP contribution in [0.5, 0.6) is 0 Å². The molecule has 0 aliphatic rings. The van der Waals surface area contributed by atoms with Gasteiger partial charge in [-0.25, -0.2) is 15.8 Å². The van der Waals surface area contributed by atoms with Gasteiger partial charge in [0.05, 0.1) is 5.60 Å². The number of nitrogens with one attached hydrogen (secondary N) is 2. The number of aryl methyl sites for hydroxylation is 1. The summed E-state index contributed by atoms with van der Waals surface area (Å²) >= 11 is 0. The van der Waals surface area contributed by atoms with Gasteiger partial charge in [0.2, 0.25) is 0 Å². The van der Waals surface area contributed by atoms with E-state index in [9.17, 15) is 5.11 Å². The lowest BCUT2D eigenvalue weighted by Gasteiger charge is -2.23. The van der Waals surface area contributed by atoms with Crippen LogP contribution in [0.4, 0.5) is 11.6 Å². The molecule has 6 nitrogen and oxygen atoms in total. The van der Waals surface area contributed by atoms with E-state index in [4.69, 9.17) is 5.84 Å². The molecule has 5 N–H and O–H groups in total. The number of hydrazine groups is 1. The summed E-state index contributed by atoms with van der Waals surface area (Å²) in [6, 6.07) is 1.72. The fraction of sp³-hybridized carbons (Fsp3) is 0.667. The summed E-state index contributed by atoms with van der Waals surface area (Å²) in [4.78, 5) is 8.54. The van der Waals surface area contributed by atoms with E-state index in [-0.39, 0.29) is 0 Å². The molecule has 0 aliphatic heterocycles. The van der Waals surface area contributed by atoms with Gasteiger partial charge in [0.1, 0.15) is 17.5 Å². The molecule has 1 heterocycles. The molecule has 18 heavy (non-hydrogen) atoms. The van der Waals surface area contributed by atoms with Crippen LogP contribution in [-0.4, -0.2) is 27.2 Å². The third-order valence-electron chi connectivity index (χ3n) is 2.68. The van der Waals surface area contributed by atoms with E-state index < -0.39 is 5.60 Å². The molecule has 1 aromatic heterocycles. The summed E-state index contributed by atoms with van der Waals surface area (Å²) < 4.78 is 0. The van der Waals surface area contributed by atoms with Gasteiger partial charge in [-0.2, -0.15) is 0 Å². The number of hydrogen-bond acceptors (Lipinski definition) is 6. The Morgan fingerprint density at radius 1 is 1.33 bits per heavy atom. The van der Waals surface area contributed by atoms with Gasteiger partial charge < -0.3 is 15.8 Å². The lowest BCUT2D eigenvalue weighted by atomic mass is 10.0. The van der Waals surface area contributed by atoms with Crippen molar-refractivity contribution in [3.63, 3.8) is 0 Å². The lowest BCUT2D eigenvalue weighted by molar-refractivity contribution is 0.0636. The van der Waals surface area contributed by atoms with Gasteiger partial charge in [-0.05, 0) is 13.3 Å². The first-order valence-corrected chi connectivity index (χ1v) is 6.31. The first-order valence-electron chi connectivity index (χ1n) is 6.31. The smallest absolute Gasteiger partial charge is 0.145 e. The van der Waals surface area contributed by atoms with E-state index in [0.29, 0.717) is 24.0 Å². The Labute approximate surface area is 108 Å². The average Bonchev–Trinajstić information content (AvgIpc) is 2.36. The largest absolute Gasteiger partial charge is 0.388 e. The van der Waals surface area contributed by atoms with Crippen molar-refractivity contribution in [2.75, 3.05) is 17.3 Å². The van der Waals surface area contributed by atoms with Crippen molar-refractivity contribution >= 4 is 11.6 Å². The topological polar surface area (TPSA) is 96.1 Å². The van der Waals surface area contributed by atoms with Gasteiger partial charge in [-0.15, -0.1) is 0 Å². The van der Waals surface area contributed by atoms with Crippen LogP contribution in [0.15, 0.2) is 6.07 Å². The first-order chi connectivity index (χ1) is 8.50. The molecule has 1 atom stereocenters. The highest BCUT2D eigenvalue weighted by Crippen LogP contribution is 2.15. The van der Waals surface area contributed by atoms with Crippen molar-refractivity contribution in [3.05, 3.63) is 11.9 Å². The Morgan fingerprint density at radius 2 is 2.00 bits per heavy atom. The number of nitrogens with zero attached hydrogens (tertiary/aromatic N) is 2. The maximum atomic E-state index is 10.1. The van der Waals surface area contributed by atoms with Gasteiger partial charge in [-0.1, -0.05) is 20.3 Å². The fourth-order valence-corrected chi connectivity index (χ4v) is 1.73. The molecule has 6 heteroatoms. The third-order valence-corrected chi connectivity index (χ3v) is 2.68. The Kier molecular flexibility index (Phi) is 5.30. The average molecular weight is 253 g/mol. The molecule has 1 unspecified atom stereocenters. The number of rotatable bonds is 7. The van der Waals surface area contributed by atoms with Crippen LogP contribution in [0.2, 0.25) is 0 Å². The number of aliphatic hydroxyl groups is 1. The highest BCUT2D eigenvalue weighted by atomic mass is 16.3. The van der Waals surface area contributed by atoms with Crippen molar-refractivity contribution < 1.29 is 5.11 Å². The third kappa shape index (κ3) is 4.46. The van der Waals surface area contributed by atoms with Crippen molar-refractivity contribution in [2.45, 2.75) is 45.6 Å². The molecule has 1 aromatic rings. The van der Waals surface area contributed by atoms with Gasteiger partial charge in [0.15, 0.2) is 0 Å². The van der Waals surface area contributed by atoms with Crippen molar-refractivity contribution in [1.29, 1.82) is 0 Å². The molecule has 0 saturated heterocycles. The molecule has 0 saturated carbocycles. The quantitative estimate of drug-likeness (QED) is 0.432. The minimum absolute atomic E-state index is 0.449. The molecule has 0 bridgehead atoms. The molecular weight excluding hydrogens is 230 g/mol. The lowest BCUT2D eigenvalue weighted by Crippen LogP contribution is -2.33. The molecule has 0 radical (unpaired) electrons. The maximum Gasteiger partial charge on any atom is 0.145 e. The second-order valence-corrected chi connectivity index (χ2v) is 4.65. The van der Waals surface area contributed by atoms with E-state index in [1.54, 1.807) is 6.07 Å². The van der Waals surface area contributed by atoms with Crippen molar-refractivity contribution in [1.82, 2.24) is 9.97 Å². The van der Waals surface area contributed by atoms with Crippen LogP contribution in [0.1, 0.15) is 39.4 Å². The van der Waals surface area contributed by atoms with Gasteiger partial charge in [0, 0.05) is 19.0 Å².